The third kappa shape index (κ3) is 3.22. The van der Waals surface area contributed by atoms with E-state index < -0.39 is 0 Å². The first kappa shape index (κ1) is 14.2. The predicted molar refractivity (Wildman–Crippen MR) is 80.0 cm³/mol. The molecule has 0 bridgehead atoms. The molecule has 1 heterocycles. The van der Waals surface area contributed by atoms with Gasteiger partial charge in [0.2, 0.25) is 0 Å². The summed E-state index contributed by atoms with van der Waals surface area (Å²) in [6.45, 7) is 4.80. The van der Waals surface area contributed by atoms with E-state index in [4.69, 9.17) is 5.73 Å². The van der Waals surface area contributed by atoms with Crippen molar-refractivity contribution in [3.8, 4) is 0 Å². The molecule has 0 spiro atoms. The van der Waals surface area contributed by atoms with Gasteiger partial charge in [-0.2, -0.15) is 5.10 Å². The molecule has 0 aliphatic rings. The normalized spacial score (nSPS) is 12.9. The SMILES string of the molecule is CC(C)n1ncnc1CC(CN)c1ccccc1Br. The number of rotatable bonds is 5. The van der Waals surface area contributed by atoms with E-state index in [9.17, 15) is 0 Å². The van der Waals surface area contributed by atoms with Crippen LogP contribution in [0, 0.1) is 0 Å². The lowest BCUT2D eigenvalue weighted by atomic mass is 9.95. The van der Waals surface area contributed by atoms with Gasteiger partial charge in [-0.3, -0.25) is 0 Å². The van der Waals surface area contributed by atoms with E-state index in [2.05, 4.69) is 45.9 Å². The van der Waals surface area contributed by atoms with Crippen molar-refractivity contribution in [1.82, 2.24) is 14.8 Å². The summed E-state index contributed by atoms with van der Waals surface area (Å²) < 4.78 is 3.06. The van der Waals surface area contributed by atoms with Gasteiger partial charge in [0.1, 0.15) is 12.2 Å². The van der Waals surface area contributed by atoms with Crippen LogP contribution < -0.4 is 5.73 Å². The third-order valence-electron chi connectivity index (χ3n) is 3.19. The van der Waals surface area contributed by atoms with Crippen LogP contribution in [0.3, 0.4) is 0 Å². The quantitative estimate of drug-likeness (QED) is 0.920. The highest BCUT2D eigenvalue weighted by atomic mass is 79.9. The second-order valence-electron chi connectivity index (χ2n) is 4.87. The first-order valence-corrected chi connectivity index (χ1v) is 7.25. The fourth-order valence-electron chi connectivity index (χ4n) is 2.20. The number of hydrogen-bond donors (Lipinski definition) is 1. The van der Waals surface area contributed by atoms with Crippen LogP contribution in [-0.4, -0.2) is 21.3 Å². The lowest BCUT2D eigenvalue weighted by Crippen LogP contribution is -2.19. The number of nitrogens with two attached hydrogens (primary N) is 1. The van der Waals surface area contributed by atoms with Crippen LogP contribution in [-0.2, 0) is 6.42 Å². The molecular formula is C14H19BrN4. The summed E-state index contributed by atoms with van der Waals surface area (Å²) >= 11 is 3.59. The second-order valence-corrected chi connectivity index (χ2v) is 5.73. The number of aromatic nitrogens is 3. The predicted octanol–water partition coefficient (Wildman–Crippen LogP) is 2.91. The summed E-state index contributed by atoms with van der Waals surface area (Å²) in [7, 11) is 0. The molecule has 4 nitrogen and oxygen atoms in total. The van der Waals surface area contributed by atoms with Crippen LogP contribution in [0.1, 0.15) is 37.2 Å². The van der Waals surface area contributed by atoms with Gasteiger partial charge in [-0.05, 0) is 32.0 Å². The zero-order chi connectivity index (χ0) is 13.8. The van der Waals surface area contributed by atoms with Crippen molar-refractivity contribution < 1.29 is 0 Å². The zero-order valence-electron chi connectivity index (χ0n) is 11.3. The molecule has 1 unspecified atom stereocenters. The van der Waals surface area contributed by atoms with Crippen LogP contribution in [0.2, 0.25) is 0 Å². The lowest BCUT2D eigenvalue weighted by Gasteiger charge is -2.18. The fraction of sp³-hybridized carbons (Fsp3) is 0.429. The van der Waals surface area contributed by atoms with E-state index in [0.29, 0.717) is 12.6 Å². The van der Waals surface area contributed by atoms with Crippen molar-refractivity contribution in [2.24, 2.45) is 5.73 Å². The van der Waals surface area contributed by atoms with Gasteiger partial charge < -0.3 is 5.73 Å². The number of nitrogens with zero attached hydrogens (tertiary/aromatic N) is 3. The van der Waals surface area contributed by atoms with Crippen molar-refractivity contribution in [3.63, 3.8) is 0 Å². The maximum Gasteiger partial charge on any atom is 0.138 e. The van der Waals surface area contributed by atoms with Crippen LogP contribution in [0.25, 0.3) is 0 Å². The Hall–Kier alpha value is -1.20. The molecule has 5 heteroatoms. The van der Waals surface area contributed by atoms with Gasteiger partial charge >= 0.3 is 0 Å². The minimum absolute atomic E-state index is 0.247. The van der Waals surface area contributed by atoms with Gasteiger partial charge in [0, 0.05) is 22.9 Å². The zero-order valence-corrected chi connectivity index (χ0v) is 12.8. The molecule has 1 atom stereocenters. The topological polar surface area (TPSA) is 56.7 Å². The van der Waals surface area contributed by atoms with E-state index in [1.165, 1.54) is 5.56 Å². The van der Waals surface area contributed by atoms with E-state index in [1.807, 2.05) is 22.9 Å². The van der Waals surface area contributed by atoms with Gasteiger partial charge in [-0.25, -0.2) is 9.67 Å². The van der Waals surface area contributed by atoms with E-state index >= 15 is 0 Å². The Morgan fingerprint density at radius 1 is 1.32 bits per heavy atom. The summed E-state index contributed by atoms with van der Waals surface area (Å²) in [6, 6.07) is 8.52. The Morgan fingerprint density at radius 3 is 2.68 bits per heavy atom. The molecule has 2 N–H and O–H groups in total. The monoisotopic (exact) mass is 322 g/mol. The molecule has 0 saturated carbocycles. The van der Waals surface area contributed by atoms with Gasteiger partial charge in [0.25, 0.3) is 0 Å². The average Bonchev–Trinajstić information content (AvgIpc) is 2.85. The molecule has 0 aliphatic carbocycles. The molecule has 2 aromatic rings. The Labute approximate surface area is 122 Å². The minimum atomic E-state index is 0.247. The first-order valence-electron chi connectivity index (χ1n) is 6.46. The third-order valence-corrected chi connectivity index (χ3v) is 3.92. The summed E-state index contributed by atoms with van der Waals surface area (Å²) in [6.07, 6.45) is 2.42. The molecule has 0 radical (unpaired) electrons. The van der Waals surface area contributed by atoms with Crippen LogP contribution in [0.5, 0.6) is 0 Å². The highest BCUT2D eigenvalue weighted by molar-refractivity contribution is 9.10. The van der Waals surface area contributed by atoms with Crippen molar-refractivity contribution in [2.45, 2.75) is 32.2 Å². The molecule has 1 aromatic heterocycles. The number of benzene rings is 1. The molecule has 0 amide bonds. The van der Waals surface area contributed by atoms with Gasteiger partial charge in [0.05, 0.1) is 0 Å². The average molecular weight is 323 g/mol. The van der Waals surface area contributed by atoms with E-state index in [-0.39, 0.29) is 5.92 Å². The maximum atomic E-state index is 5.94. The summed E-state index contributed by atoms with van der Waals surface area (Å²) in [5.74, 6) is 1.23. The fourth-order valence-corrected chi connectivity index (χ4v) is 2.81. The first-order chi connectivity index (χ1) is 9.13. The van der Waals surface area contributed by atoms with Crippen LogP contribution >= 0.6 is 15.9 Å². The van der Waals surface area contributed by atoms with Gasteiger partial charge in [0.15, 0.2) is 0 Å². The van der Waals surface area contributed by atoms with Crippen LogP contribution in [0.15, 0.2) is 35.1 Å². The molecular weight excluding hydrogens is 304 g/mol. The Morgan fingerprint density at radius 2 is 2.05 bits per heavy atom. The smallest absolute Gasteiger partial charge is 0.138 e. The van der Waals surface area contributed by atoms with E-state index in [0.717, 1.165) is 16.7 Å². The molecule has 1 aromatic carbocycles. The van der Waals surface area contributed by atoms with Crippen molar-refractivity contribution >= 4 is 15.9 Å². The molecule has 102 valence electrons. The molecule has 0 aliphatic heterocycles. The standard InChI is InChI=1S/C14H19BrN4/c1-10(2)19-14(17-9-18-19)7-11(8-16)12-5-3-4-6-13(12)15/h3-6,9-11H,7-8,16H2,1-2H3. The highest BCUT2D eigenvalue weighted by Gasteiger charge is 2.17. The minimum Gasteiger partial charge on any atom is -0.330 e. The number of hydrogen-bond acceptors (Lipinski definition) is 3. The maximum absolute atomic E-state index is 5.94. The Bertz CT molecular complexity index is 536. The summed E-state index contributed by atoms with van der Waals surface area (Å²) in [5.41, 5.74) is 7.16. The molecule has 19 heavy (non-hydrogen) atoms. The van der Waals surface area contributed by atoms with Crippen molar-refractivity contribution in [3.05, 3.63) is 46.5 Å². The summed E-state index contributed by atoms with van der Waals surface area (Å²) in [4.78, 5) is 4.36. The molecule has 0 saturated heterocycles. The second kappa shape index (κ2) is 6.30. The molecule has 2 rings (SSSR count). The van der Waals surface area contributed by atoms with Crippen molar-refractivity contribution in [1.29, 1.82) is 0 Å². The Kier molecular flexibility index (Phi) is 4.71. The number of halogens is 1. The highest BCUT2D eigenvalue weighted by Crippen LogP contribution is 2.27. The molecule has 0 fully saturated rings. The van der Waals surface area contributed by atoms with Gasteiger partial charge in [-0.1, -0.05) is 34.1 Å². The largest absolute Gasteiger partial charge is 0.330 e. The lowest BCUT2D eigenvalue weighted by molar-refractivity contribution is 0.492. The van der Waals surface area contributed by atoms with Gasteiger partial charge in [-0.15, -0.1) is 0 Å². The van der Waals surface area contributed by atoms with Crippen LogP contribution in [0.4, 0.5) is 0 Å². The van der Waals surface area contributed by atoms with Crippen molar-refractivity contribution in [2.75, 3.05) is 6.54 Å². The summed E-state index contributed by atoms with van der Waals surface area (Å²) in [5, 5.41) is 4.27. The Balaban J connectivity index is 2.25. The van der Waals surface area contributed by atoms with E-state index in [1.54, 1.807) is 6.33 Å².